The third-order valence-electron chi connectivity index (χ3n) is 3.37. The molecule has 0 aromatic carbocycles. The lowest BCUT2D eigenvalue weighted by Crippen LogP contribution is -2.40. The van der Waals surface area contributed by atoms with Crippen molar-refractivity contribution in [2.75, 3.05) is 0 Å². The van der Waals surface area contributed by atoms with Gasteiger partial charge in [0.15, 0.2) is 5.82 Å². The molecule has 0 spiro atoms. The van der Waals surface area contributed by atoms with E-state index in [0.29, 0.717) is 12.2 Å². The molecule has 3 unspecified atom stereocenters. The topological polar surface area (TPSA) is 66.5 Å². The molecule has 0 bridgehead atoms. The summed E-state index contributed by atoms with van der Waals surface area (Å²) in [6, 6.07) is -0.334. The van der Waals surface area contributed by atoms with Crippen molar-refractivity contribution in [3.63, 3.8) is 0 Å². The number of tetrazole rings is 1. The summed E-state index contributed by atoms with van der Waals surface area (Å²) in [5.41, 5.74) is 0. The second-order valence-electron chi connectivity index (χ2n) is 4.76. The van der Waals surface area contributed by atoms with E-state index in [1.165, 1.54) is 0 Å². The lowest BCUT2D eigenvalue weighted by atomic mass is 9.85. The second kappa shape index (κ2) is 5.21. The SMILES string of the molecule is CC(NC1CCCC(C(F)(F)F)C1)c1nn[nH]n1. The zero-order valence-electron chi connectivity index (χ0n) is 10.0. The Morgan fingerprint density at radius 2 is 2.17 bits per heavy atom. The summed E-state index contributed by atoms with van der Waals surface area (Å²) in [6.45, 7) is 1.82. The smallest absolute Gasteiger partial charge is 0.305 e. The van der Waals surface area contributed by atoms with Crippen LogP contribution in [-0.2, 0) is 0 Å². The van der Waals surface area contributed by atoms with Crippen molar-refractivity contribution in [3.8, 4) is 0 Å². The fourth-order valence-electron chi connectivity index (χ4n) is 2.42. The van der Waals surface area contributed by atoms with Crippen molar-refractivity contribution in [2.24, 2.45) is 5.92 Å². The maximum Gasteiger partial charge on any atom is 0.391 e. The molecule has 2 N–H and O–H groups in total. The van der Waals surface area contributed by atoms with Crippen molar-refractivity contribution in [1.29, 1.82) is 0 Å². The highest BCUT2D eigenvalue weighted by Gasteiger charge is 2.42. The Labute approximate surface area is 103 Å². The van der Waals surface area contributed by atoms with E-state index in [1.807, 2.05) is 6.92 Å². The van der Waals surface area contributed by atoms with Gasteiger partial charge in [0.1, 0.15) is 0 Å². The fourth-order valence-corrected chi connectivity index (χ4v) is 2.42. The first-order valence-electron chi connectivity index (χ1n) is 6.03. The van der Waals surface area contributed by atoms with E-state index >= 15 is 0 Å². The highest BCUT2D eigenvalue weighted by molar-refractivity contribution is 4.90. The molecular formula is C10H16F3N5. The first kappa shape index (κ1) is 13.3. The molecule has 18 heavy (non-hydrogen) atoms. The van der Waals surface area contributed by atoms with Crippen LogP contribution >= 0.6 is 0 Å². The lowest BCUT2D eigenvalue weighted by molar-refractivity contribution is -0.183. The van der Waals surface area contributed by atoms with Crippen LogP contribution < -0.4 is 5.32 Å². The quantitative estimate of drug-likeness (QED) is 0.875. The molecule has 0 radical (unpaired) electrons. The highest BCUT2D eigenvalue weighted by Crippen LogP contribution is 2.37. The standard InChI is InChI=1S/C10H16F3N5/c1-6(9-15-17-18-16-9)14-8-4-2-3-7(5-8)10(11,12)13/h6-8,14H,2-5H2,1H3,(H,15,16,17,18). The summed E-state index contributed by atoms with van der Waals surface area (Å²) >= 11 is 0. The minimum absolute atomic E-state index is 0.131. The molecule has 0 aliphatic heterocycles. The molecule has 2 rings (SSSR count). The predicted molar refractivity (Wildman–Crippen MR) is 57.5 cm³/mol. The molecule has 1 aromatic heterocycles. The molecule has 3 atom stereocenters. The fraction of sp³-hybridized carbons (Fsp3) is 0.900. The molecule has 5 nitrogen and oxygen atoms in total. The monoisotopic (exact) mass is 263 g/mol. The number of halogens is 3. The van der Waals surface area contributed by atoms with E-state index in [2.05, 4.69) is 25.9 Å². The van der Waals surface area contributed by atoms with E-state index in [0.717, 1.165) is 6.42 Å². The molecule has 1 aliphatic carbocycles. The highest BCUT2D eigenvalue weighted by atomic mass is 19.4. The largest absolute Gasteiger partial charge is 0.391 e. The number of H-pyrrole nitrogens is 1. The van der Waals surface area contributed by atoms with Gasteiger partial charge < -0.3 is 5.32 Å². The van der Waals surface area contributed by atoms with Gasteiger partial charge in [-0.2, -0.15) is 18.4 Å². The molecule has 102 valence electrons. The van der Waals surface area contributed by atoms with Crippen molar-refractivity contribution < 1.29 is 13.2 Å². The van der Waals surface area contributed by atoms with Crippen LogP contribution in [0.3, 0.4) is 0 Å². The van der Waals surface area contributed by atoms with Gasteiger partial charge in [-0.15, -0.1) is 10.2 Å². The van der Waals surface area contributed by atoms with Gasteiger partial charge in [-0.25, -0.2) is 0 Å². The molecule has 1 saturated carbocycles. The van der Waals surface area contributed by atoms with Crippen LogP contribution in [-0.4, -0.2) is 32.8 Å². The molecular weight excluding hydrogens is 247 g/mol. The van der Waals surface area contributed by atoms with Crippen molar-refractivity contribution in [2.45, 2.75) is 50.9 Å². The van der Waals surface area contributed by atoms with Gasteiger partial charge in [-0.05, 0) is 26.2 Å². The summed E-state index contributed by atoms with van der Waals surface area (Å²) in [5, 5.41) is 16.5. The first-order chi connectivity index (χ1) is 8.47. The number of nitrogens with zero attached hydrogens (tertiary/aromatic N) is 3. The lowest BCUT2D eigenvalue weighted by Gasteiger charge is -2.32. The Morgan fingerprint density at radius 1 is 1.39 bits per heavy atom. The molecule has 1 fully saturated rings. The third kappa shape index (κ3) is 3.18. The summed E-state index contributed by atoms with van der Waals surface area (Å²) < 4.78 is 38.0. The second-order valence-corrected chi connectivity index (χ2v) is 4.76. The van der Waals surface area contributed by atoms with Gasteiger partial charge in [-0.1, -0.05) is 11.6 Å². The van der Waals surface area contributed by atoms with Gasteiger partial charge in [0.2, 0.25) is 0 Å². The summed E-state index contributed by atoms with van der Waals surface area (Å²) in [7, 11) is 0. The summed E-state index contributed by atoms with van der Waals surface area (Å²) in [5.74, 6) is -0.717. The van der Waals surface area contributed by atoms with E-state index in [1.54, 1.807) is 0 Å². The molecule has 8 heteroatoms. The average Bonchev–Trinajstić information content (AvgIpc) is 2.81. The van der Waals surface area contributed by atoms with E-state index < -0.39 is 12.1 Å². The first-order valence-corrected chi connectivity index (χ1v) is 6.03. The Kier molecular flexibility index (Phi) is 3.84. The van der Waals surface area contributed by atoms with Crippen LogP contribution in [0.25, 0.3) is 0 Å². The molecule has 0 saturated heterocycles. The van der Waals surface area contributed by atoms with Crippen LogP contribution in [0.4, 0.5) is 13.2 Å². The Hall–Kier alpha value is -1.18. The third-order valence-corrected chi connectivity index (χ3v) is 3.37. The zero-order valence-corrected chi connectivity index (χ0v) is 10.0. The number of hydrogen-bond donors (Lipinski definition) is 2. The van der Waals surface area contributed by atoms with Gasteiger partial charge in [0.25, 0.3) is 0 Å². The van der Waals surface area contributed by atoms with Crippen LogP contribution in [0.15, 0.2) is 0 Å². The van der Waals surface area contributed by atoms with Crippen molar-refractivity contribution >= 4 is 0 Å². The number of hydrogen-bond acceptors (Lipinski definition) is 4. The van der Waals surface area contributed by atoms with E-state index in [9.17, 15) is 13.2 Å². The van der Waals surface area contributed by atoms with Gasteiger partial charge in [0, 0.05) is 6.04 Å². The van der Waals surface area contributed by atoms with Crippen LogP contribution in [0.5, 0.6) is 0 Å². The Morgan fingerprint density at radius 3 is 2.78 bits per heavy atom. The normalized spacial score (nSPS) is 27.1. The average molecular weight is 263 g/mol. The van der Waals surface area contributed by atoms with Gasteiger partial charge >= 0.3 is 6.18 Å². The number of aromatic nitrogens is 4. The van der Waals surface area contributed by atoms with Gasteiger partial charge in [0.05, 0.1) is 12.0 Å². The maximum atomic E-state index is 12.7. The number of aromatic amines is 1. The maximum absolute atomic E-state index is 12.7. The van der Waals surface area contributed by atoms with Crippen molar-refractivity contribution in [1.82, 2.24) is 25.9 Å². The minimum Gasteiger partial charge on any atom is -0.305 e. The van der Waals surface area contributed by atoms with Crippen molar-refractivity contribution in [3.05, 3.63) is 5.82 Å². The Balaban J connectivity index is 1.90. The van der Waals surface area contributed by atoms with Crippen LogP contribution in [0.1, 0.15) is 44.5 Å². The van der Waals surface area contributed by atoms with Crippen LogP contribution in [0.2, 0.25) is 0 Å². The van der Waals surface area contributed by atoms with E-state index in [4.69, 9.17) is 0 Å². The zero-order chi connectivity index (χ0) is 13.2. The van der Waals surface area contributed by atoms with E-state index in [-0.39, 0.29) is 24.9 Å². The summed E-state index contributed by atoms with van der Waals surface area (Å²) in [4.78, 5) is 0. The number of rotatable bonds is 3. The molecule has 1 heterocycles. The molecule has 0 amide bonds. The minimum atomic E-state index is -4.09. The predicted octanol–water partition coefficient (Wildman–Crippen LogP) is 1.97. The summed E-state index contributed by atoms with van der Waals surface area (Å²) in [6.07, 6.45) is -2.37. The molecule has 1 aromatic rings. The van der Waals surface area contributed by atoms with Gasteiger partial charge in [-0.3, -0.25) is 0 Å². The molecule has 1 aliphatic rings. The van der Waals surface area contributed by atoms with Crippen LogP contribution in [0, 0.1) is 5.92 Å². The number of nitrogens with one attached hydrogen (secondary N) is 2. The number of alkyl halides is 3. The Bertz CT molecular complexity index is 364.